The van der Waals surface area contributed by atoms with E-state index in [2.05, 4.69) is 65.3 Å². The van der Waals surface area contributed by atoms with E-state index in [0.717, 1.165) is 23.9 Å². The topological polar surface area (TPSA) is 53.2 Å². The molecule has 0 aromatic heterocycles. The molecule has 5 rings (SSSR count). The Labute approximate surface area is 179 Å². The number of anilines is 2. The standard InChI is InChI=1S/C26H33N3O/c1-2-15-27-26(30)28-19-12-14-23-22(16-19)21-13-11-17-9-6-10-20(17)24(21)25(29-23)18-7-4-3-5-8-18/h3-5,7-8,12,14,16-17,20-21,24-25,29H,2,6,9-11,13,15H2,1H3,(H2,27,28,30). The first-order valence-electron chi connectivity index (χ1n) is 11.7. The molecular weight excluding hydrogens is 370 g/mol. The molecule has 2 aromatic carbocycles. The average Bonchev–Trinajstić information content (AvgIpc) is 3.27. The lowest BCUT2D eigenvalue weighted by atomic mass is 9.60. The van der Waals surface area contributed by atoms with Crippen molar-refractivity contribution in [3.63, 3.8) is 0 Å². The highest BCUT2D eigenvalue weighted by Crippen LogP contribution is 2.59. The van der Waals surface area contributed by atoms with E-state index >= 15 is 0 Å². The molecule has 0 bridgehead atoms. The molecule has 2 fully saturated rings. The quantitative estimate of drug-likeness (QED) is 0.561. The summed E-state index contributed by atoms with van der Waals surface area (Å²) in [6.07, 6.45) is 7.70. The van der Waals surface area contributed by atoms with Crippen molar-refractivity contribution in [2.24, 2.45) is 17.8 Å². The predicted molar refractivity (Wildman–Crippen MR) is 123 cm³/mol. The van der Waals surface area contributed by atoms with Crippen molar-refractivity contribution in [3.05, 3.63) is 59.7 Å². The zero-order chi connectivity index (χ0) is 20.5. The van der Waals surface area contributed by atoms with Gasteiger partial charge in [0, 0.05) is 17.9 Å². The average molecular weight is 404 g/mol. The summed E-state index contributed by atoms with van der Waals surface area (Å²) in [6.45, 7) is 2.76. The summed E-state index contributed by atoms with van der Waals surface area (Å²) in [5.41, 5.74) is 4.94. The van der Waals surface area contributed by atoms with Gasteiger partial charge in [0.1, 0.15) is 0 Å². The predicted octanol–water partition coefficient (Wildman–Crippen LogP) is 6.29. The Hall–Kier alpha value is -2.49. The van der Waals surface area contributed by atoms with Crippen LogP contribution in [0, 0.1) is 17.8 Å². The SMILES string of the molecule is CCCNC(=O)Nc1ccc2c(c1)C1CCC3CCCC3C1C(c1ccccc1)N2. The third-order valence-corrected chi connectivity index (χ3v) is 7.62. The molecule has 1 heterocycles. The molecule has 5 atom stereocenters. The normalized spacial score (nSPS) is 29.2. The van der Waals surface area contributed by atoms with Gasteiger partial charge in [-0.05, 0) is 78.7 Å². The van der Waals surface area contributed by atoms with Crippen LogP contribution in [0.2, 0.25) is 0 Å². The maximum absolute atomic E-state index is 12.2. The van der Waals surface area contributed by atoms with Crippen molar-refractivity contribution in [2.45, 2.75) is 57.4 Å². The highest BCUT2D eigenvalue weighted by Gasteiger charge is 2.48. The molecule has 2 saturated carbocycles. The van der Waals surface area contributed by atoms with Gasteiger partial charge in [-0.25, -0.2) is 4.79 Å². The number of amides is 2. The third-order valence-electron chi connectivity index (χ3n) is 7.62. The summed E-state index contributed by atoms with van der Waals surface area (Å²) < 4.78 is 0. The molecule has 30 heavy (non-hydrogen) atoms. The second-order valence-corrected chi connectivity index (χ2v) is 9.33. The summed E-state index contributed by atoms with van der Waals surface area (Å²) in [4.78, 5) is 12.2. The van der Waals surface area contributed by atoms with Gasteiger partial charge in [-0.3, -0.25) is 0 Å². The minimum absolute atomic E-state index is 0.112. The molecule has 4 heteroatoms. The highest BCUT2D eigenvalue weighted by atomic mass is 16.2. The fourth-order valence-corrected chi connectivity index (χ4v) is 6.38. The molecule has 3 N–H and O–H groups in total. The summed E-state index contributed by atoms with van der Waals surface area (Å²) >= 11 is 0. The lowest BCUT2D eigenvalue weighted by Gasteiger charge is -2.49. The number of carbonyl (C=O) groups excluding carboxylic acids is 1. The summed E-state index contributed by atoms with van der Waals surface area (Å²) in [7, 11) is 0. The van der Waals surface area contributed by atoms with E-state index in [1.54, 1.807) is 0 Å². The fraction of sp³-hybridized carbons (Fsp3) is 0.500. The molecule has 0 spiro atoms. The van der Waals surface area contributed by atoms with Crippen molar-refractivity contribution < 1.29 is 4.79 Å². The number of hydrogen-bond donors (Lipinski definition) is 3. The van der Waals surface area contributed by atoms with Crippen molar-refractivity contribution in [2.75, 3.05) is 17.2 Å². The molecule has 3 aliphatic rings. The van der Waals surface area contributed by atoms with Gasteiger partial charge in [-0.15, -0.1) is 0 Å². The Morgan fingerprint density at radius 2 is 1.93 bits per heavy atom. The summed E-state index contributed by atoms with van der Waals surface area (Å²) in [6, 6.07) is 17.7. The van der Waals surface area contributed by atoms with Gasteiger partial charge in [-0.1, -0.05) is 50.1 Å². The number of benzene rings is 2. The Balaban J connectivity index is 1.48. The van der Waals surface area contributed by atoms with E-state index < -0.39 is 0 Å². The monoisotopic (exact) mass is 403 g/mol. The molecule has 2 amide bonds. The summed E-state index contributed by atoms with van der Waals surface area (Å²) in [5.74, 6) is 2.89. The van der Waals surface area contributed by atoms with E-state index in [1.165, 1.54) is 48.9 Å². The molecular formula is C26H33N3O. The Morgan fingerprint density at radius 1 is 1.07 bits per heavy atom. The Kier molecular flexibility index (Phi) is 5.41. The second kappa shape index (κ2) is 8.33. The number of urea groups is 1. The maximum Gasteiger partial charge on any atom is 0.319 e. The van der Waals surface area contributed by atoms with Crippen LogP contribution in [0.25, 0.3) is 0 Å². The van der Waals surface area contributed by atoms with E-state index in [-0.39, 0.29) is 6.03 Å². The van der Waals surface area contributed by atoms with Crippen molar-refractivity contribution in [1.82, 2.24) is 5.32 Å². The van der Waals surface area contributed by atoms with Crippen LogP contribution in [0.15, 0.2) is 48.5 Å². The highest BCUT2D eigenvalue weighted by molar-refractivity contribution is 5.89. The van der Waals surface area contributed by atoms with Crippen LogP contribution in [-0.2, 0) is 0 Å². The second-order valence-electron chi connectivity index (χ2n) is 9.33. The molecule has 1 aliphatic heterocycles. The first kappa shape index (κ1) is 19.5. The molecule has 158 valence electrons. The van der Waals surface area contributed by atoms with E-state index in [1.807, 2.05) is 6.07 Å². The van der Waals surface area contributed by atoms with E-state index in [0.29, 0.717) is 24.4 Å². The maximum atomic E-state index is 12.2. The van der Waals surface area contributed by atoms with Gasteiger partial charge in [0.15, 0.2) is 0 Å². The largest absolute Gasteiger partial charge is 0.378 e. The van der Waals surface area contributed by atoms with Gasteiger partial charge >= 0.3 is 6.03 Å². The van der Waals surface area contributed by atoms with Crippen molar-refractivity contribution >= 4 is 17.4 Å². The fourth-order valence-electron chi connectivity index (χ4n) is 6.38. The Bertz CT molecular complexity index is 896. The lowest BCUT2D eigenvalue weighted by molar-refractivity contribution is 0.129. The summed E-state index contributed by atoms with van der Waals surface area (Å²) in [5, 5.41) is 9.86. The van der Waals surface area contributed by atoms with Gasteiger partial charge in [0.25, 0.3) is 0 Å². The van der Waals surface area contributed by atoms with Gasteiger partial charge in [-0.2, -0.15) is 0 Å². The van der Waals surface area contributed by atoms with Gasteiger partial charge < -0.3 is 16.0 Å². The van der Waals surface area contributed by atoms with Crippen LogP contribution in [-0.4, -0.2) is 12.6 Å². The van der Waals surface area contributed by atoms with Crippen LogP contribution in [0.5, 0.6) is 0 Å². The van der Waals surface area contributed by atoms with Crippen LogP contribution in [0.4, 0.5) is 16.2 Å². The first-order valence-corrected chi connectivity index (χ1v) is 11.7. The molecule has 5 unspecified atom stereocenters. The van der Waals surface area contributed by atoms with Crippen LogP contribution in [0.1, 0.15) is 68.5 Å². The Morgan fingerprint density at radius 3 is 2.77 bits per heavy atom. The van der Waals surface area contributed by atoms with Crippen molar-refractivity contribution in [3.8, 4) is 0 Å². The van der Waals surface area contributed by atoms with E-state index in [9.17, 15) is 4.79 Å². The zero-order valence-electron chi connectivity index (χ0n) is 17.9. The number of hydrogen-bond acceptors (Lipinski definition) is 2. The molecule has 2 aromatic rings. The van der Waals surface area contributed by atoms with Crippen LogP contribution < -0.4 is 16.0 Å². The van der Waals surface area contributed by atoms with Gasteiger partial charge in [0.05, 0.1) is 6.04 Å². The lowest BCUT2D eigenvalue weighted by Crippen LogP contribution is -2.41. The van der Waals surface area contributed by atoms with E-state index in [4.69, 9.17) is 0 Å². The van der Waals surface area contributed by atoms with Crippen molar-refractivity contribution in [1.29, 1.82) is 0 Å². The van der Waals surface area contributed by atoms with Gasteiger partial charge in [0.2, 0.25) is 0 Å². The smallest absolute Gasteiger partial charge is 0.319 e. The number of rotatable bonds is 4. The molecule has 0 radical (unpaired) electrons. The molecule has 2 aliphatic carbocycles. The van der Waals surface area contributed by atoms with Crippen LogP contribution >= 0.6 is 0 Å². The third kappa shape index (κ3) is 3.57. The van der Waals surface area contributed by atoms with Crippen LogP contribution in [0.3, 0.4) is 0 Å². The molecule has 0 saturated heterocycles. The number of carbonyl (C=O) groups is 1. The molecule has 4 nitrogen and oxygen atoms in total. The minimum atomic E-state index is -0.112. The number of fused-ring (bicyclic) bond motifs is 5. The first-order chi connectivity index (χ1) is 14.7. The number of nitrogens with one attached hydrogen (secondary N) is 3. The minimum Gasteiger partial charge on any atom is -0.378 e. The zero-order valence-corrected chi connectivity index (χ0v) is 17.9.